The fourth-order valence-electron chi connectivity index (χ4n) is 11.3. The van der Waals surface area contributed by atoms with Gasteiger partial charge in [0.15, 0.2) is 0 Å². The lowest BCUT2D eigenvalue weighted by Gasteiger charge is -2.36. The molecule has 1 aliphatic carbocycles. The molecule has 12 aromatic rings. The summed E-state index contributed by atoms with van der Waals surface area (Å²) in [4.78, 5) is 2.43. The molecule has 0 spiro atoms. The average Bonchev–Trinajstić information content (AvgIpc) is 4.06. The lowest BCUT2D eigenvalue weighted by molar-refractivity contribution is 0.670. The van der Waals surface area contributed by atoms with E-state index in [-0.39, 0.29) is 0 Å². The molecule has 322 valence electrons. The van der Waals surface area contributed by atoms with E-state index in [9.17, 15) is 0 Å². The predicted octanol–water partition coefficient (Wildman–Crippen LogP) is 18.3. The Bertz CT molecular complexity index is 4000. The largest absolute Gasteiger partial charge is 0.455 e. The van der Waals surface area contributed by atoms with Crippen molar-refractivity contribution in [3.8, 4) is 33.4 Å². The van der Waals surface area contributed by atoms with Gasteiger partial charge < -0.3 is 13.7 Å². The lowest BCUT2D eigenvalue weighted by atomic mass is 9.67. The van der Waals surface area contributed by atoms with Gasteiger partial charge in [-0.2, -0.15) is 0 Å². The number of furan rings is 2. The van der Waals surface area contributed by atoms with Crippen LogP contribution in [0.5, 0.6) is 0 Å². The van der Waals surface area contributed by atoms with Crippen LogP contribution in [0, 0.1) is 0 Å². The van der Waals surface area contributed by atoms with Crippen molar-refractivity contribution < 1.29 is 8.83 Å². The Morgan fingerprint density at radius 3 is 1.84 bits per heavy atom. The van der Waals surface area contributed by atoms with Crippen molar-refractivity contribution in [1.82, 2.24) is 0 Å². The van der Waals surface area contributed by atoms with Crippen LogP contribution in [-0.4, -0.2) is 0 Å². The third-order valence-electron chi connectivity index (χ3n) is 14.2. The summed E-state index contributed by atoms with van der Waals surface area (Å²) in [5.41, 5.74) is 17.8. The van der Waals surface area contributed by atoms with Gasteiger partial charge in [0.2, 0.25) is 0 Å². The van der Waals surface area contributed by atoms with E-state index < -0.39 is 5.41 Å². The molecule has 0 saturated carbocycles. The molecule has 3 nitrogen and oxygen atoms in total. The van der Waals surface area contributed by atoms with Gasteiger partial charge in [0.1, 0.15) is 22.3 Å². The Balaban J connectivity index is 1.05. The highest BCUT2D eigenvalue weighted by molar-refractivity contribution is 6.14. The third-order valence-corrected chi connectivity index (χ3v) is 14.2. The van der Waals surface area contributed by atoms with Crippen molar-refractivity contribution >= 4 is 71.7 Å². The monoisotopic (exact) mass is 871 g/mol. The molecule has 3 heteroatoms. The second-order valence-electron chi connectivity index (χ2n) is 17.8. The van der Waals surface area contributed by atoms with Gasteiger partial charge in [-0.1, -0.05) is 188 Å². The predicted molar refractivity (Wildman–Crippen MR) is 284 cm³/mol. The van der Waals surface area contributed by atoms with Crippen LogP contribution >= 0.6 is 0 Å². The molecule has 2 aromatic heterocycles. The summed E-state index contributed by atoms with van der Waals surface area (Å²) in [6, 6.07) is 79.0. The van der Waals surface area contributed by atoms with Gasteiger partial charge in [-0.15, -0.1) is 0 Å². The second kappa shape index (κ2) is 15.8. The molecular weight excluding hydrogens is 827 g/mol. The van der Waals surface area contributed by atoms with Crippen molar-refractivity contribution in [2.24, 2.45) is 0 Å². The van der Waals surface area contributed by atoms with Crippen LogP contribution in [0.4, 0.5) is 17.1 Å². The number of nitrogens with zero attached hydrogens (tertiary/aromatic N) is 1. The van der Waals surface area contributed by atoms with Gasteiger partial charge in [-0.25, -0.2) is 0 Å². The topological polar surface area (TPSA) is 29.5 Å². The first-order chi connectivity index (χ1) is 33.6. The molecule has 0 bridgehead atoms. The van der Waals surface area contributed by atoms with Gasteiger partial charge in [-0.3, -0.25) is 0 Å². The standard InChI is InChI=1S/C65H45NO2/c1-3-18-45(4-2)65(46-21-6-5-7-22-46)58-30-13-10-23-50(58)51-38-37-48(41-59(51)65)66(47-35-33-42(34-36-47)49-26-16-28-55-53-25-12-15-32-61(53)67-63(49)55)60-31-14-11-24-52(60)54-27-17-29-56-57-39-43-19-8-9-20-44(43)40-62(57)68-64(54)56/h3-41H,1-2H3/b18-3-,45-4+. The van der Waals surface area contributed by atoms with Gasteiger partial charge in [0.25, 0.3) is 0 Å². The van der Waals surface area contributed by atoms with Crippen molar-refractivity contribution in [2.75, 3.05) is 4.90 Å². The van der Waals surface area contributed by atoms with Crippen LogP contribution in [-0.2, 0) is 5.41 Å². The zero-order chi connectivity index (χ0) is 45.3. The van der Waals surface area contributed by atoms with E-state index >= 15 is 0 Å². The van der Waals surface area contributed by atoms with E-state index in [0.29, 0.717) is 0 Å². The number of para-hydroxylation sites is 4. The van der Waals surface area contributed by atoms with Crippen LogP contribution in [0.1, 0.15) is 30.5 Å². The highest BCUT2D eigenvalue weighted by atomic mass is 16.3. The molecule has 2 heterocycles. The molecule has 1 unspecified atom stereocenters. The fraction of sp³-hybridized carbons (Fsp3) is 0.0462. The molecule has 13 rings (SSSR count). The molecule has 0 fully saturated rings. The van der Waals surface area contributed by atoms with Gasteiger partial charge in [0, 0.05) is 49.6 Å². The number of anilines is 3. The SMILES string of the molecule is C/C=C\C(=C/C)C1(c2ccccc2)c2ccccc2-c2ccc(N(c3ccc(-c4cccc5c4oc4ccccc45)cc3)c3ccccc3-c3cccc4c3oc3cc5ccccc5cc34)cc21. The summed E-state index contributed by atoms with van der Waals surface area (Å²) in [5.74, 6) is 0. The highest BCUT2D eigenvalue weighted by Crippen LogP contribution is 2.58. The summed E-state index contributed by atoms with van der Waals surface area (Å²) in [6.07, 6.45) is 6.75. The first kappa shape index (κ1) is 39.7. The van der Waals surface area contributed by atoms with Crippen molar-refractivity contribution in [1.29, 1.82) is 0 Å². The van der Waals surface area contributed by atoms with Crippen LogP contribution in [0.2, 0.25) is 0 Å². The Morgan fingerprint density at radius 1 is 0.426 bits per heavy atom. The van der Waals surface area contributed by atoms with Gasteiger partial charge in [0.05, 0.1) is 11.1 Å². The fourth-order valence-corrected chi connectivity index (χ4v) is 11.3. The quantitative estimate of drug-likeness (QED) is 0.143. The Morgan fingerprint density at radius 2 is 1.03 bits per heavy atom. The first-order valence-corrected chi connectivity index (χ1v) is 23.5. The number of fused-ring (bicyclic) bond motifs is 10. The van der Waals surface area contributed by atoms with Crippen molar-refractivity contribution in [3.63, 3.8) is 0 Å². The molecule has 0 aliphatic heterocycles. The summed E-state index contributed by atoms with van der Waals surface area (Å²) in [7, 11) is 0. The molecule has 0 N–H and O–H groups in total. The van der Waals surface area contributed by atoms with Gasteiger partial charge in [-0.05, 0) is 112 Å². The molecule has 0 radical (unpaired) electrons. The number of rotatable bonds is 8. The Kier molecular flexibility index (Phi) is 9.19. The molecule has 0 amide bonds. The van der Waals surface area contributed by atoms with Crippen LogP contribution in [0.15, 0.2) is 251 Å². The summed E-state index contributed by atoms with van der Waals surface area (Å²) in [6.45, 7) is 4.28. The molecular formula is C65H45NO2. The molecule has 10 aromatic carbocycles. The zero-order valence-electron chi connectivity index (χ0n) is 37.8. The number of hydrogen-bond acceptors (Lipinski definition) is 3. The summed E-state index contributed by atoms with van der Waals surface area (Å²) < 4.78 is 13.4. The smallest absolute Gasteiger partial charge is 0.143 e. The van der Waals surface area contributed by atoms with E-state index in [0.717, 1.165) is 88.6 Å². The van der Waals surface area contributed by atoms with Crippen LogP contribution < -0.4 is 4.90 Å². The average molecular weight is 872 g/mol. The summed E-state index contributed by atoms with van der Waals surface area (Å²) in [5, 5.41) is 6.80. The number of benzene rings is 10. The van der Waals surface area contributed by atoms with Crippen molar-refractivity contribution in [3.05, 3.63) is 259 Å². The third kappa shape index (κ3) is 5.92. The number of hydrogen-bond donors (Lipinski definition) is 0. The first-order valence-electron chi connectivity index (χ1n) is 23.5. The van der Waals surface area contributed by atoms with Crippen LogP contribution in [0.25, 0.3) is 88.0 Å². The normalized spacial score (nSPS) is 14.7. The van der Waals surface area contributed by atoms with Crippen LogP contribution in [0.3, 0.4) is 0 Å². The number of allylic oxidation sites excluding steroid dienone is 4. The maximum atomic E-state index is 6.91. The Hall–Kier alpha value is -8.66. The van der Waals surface area contributed by atoms with Crippen molar-refractivity contribution in [2.45, 2.75) is 19.3 Å². The molecule has 68 heavy (non-hydrogen) atoms. The maximum Gasteiger partial charge on any atom is 0.143 e. The van der Waals surface area contributed by atoms with E-state index in [4.69, 9.17) is 8.83 Å². The minimum Gasteiger partial charge on any atom is -0.455 e. The maximum absolute atomic E-state index is 6.91. The van der Waals surface area contributed by atoms with E-state index in [2.05, 4.69) is 243 Å². The molecule has 1 aliphatic rings. The lowest BCUT2D eigenvalue weighted by Crippen LogP contribution is -2.29. The minimum absolute atomic E-state index is 0.561. The van der Waals surface area contributed by atoms with E-state index in [1.165, 1.54) is 38.8 Å². The Labute approximate surface area is 395 Å². The highest BCUT2D eigenvalue weighted by Gasteiger charge is 2.46. The van der Waals surface area contributed by atoms with E-state index in [1.807, 2.05) is 12.1 Å². The zero-order valence-corrected chi connectivity index (χ0v) is 37.8. The van der Waals surface area contributed by atoms with E-state index in [1.54, 1.807) is 0 Å². The summed E-state index contributed by atoms with van der Waals surface area (Å²) >= 11 is 0. The van der Waals surface area contributed by atoms with Gasteiger partial charge >= 0.3 is 0 Å². The minimum atomic E-state index is -0.561. The second-order valence-corrected chi connectivity index (χ2v) is 17.8. The molecule has 0 saturated heterocycles. The molecule has 1 atom stereocenters.